The summed E-state index contributed by atoms with van der Waals surface area (Å²) >= 11 is 5.70. The van der Waals surface area contributed by atoms with Gasteiger partial charge in [0.05, 0.1) is 17.7 Å². The molecule has 0 radical (unpaired) electrons. The van der Waals surface area contributed by atoms with Crippen LogP contribution >= 0.6 is 24.0 Å². The Bertz CT molecular complexity index is 654. The third-order valence-corrected chi connectivity index (χ3v) is 4.68. The van der Waals surface area contributed by atoms with Crippen LogP contribution in [0.5, 0.6) is 0 Å². The number of carbonyl (C=O) groups is 2. The van der Waals surface area contributed by atoms with Crippen LogP contribution in [-0.2, 0) is 4.79 Å². The van der Waals surface area contributed by atoms with Crippen LogP contribution in [0.25, 0.3) is 0 Å². The van der Waals surface area contributed by atoms with Crippen molar-refractivity contribution in [2.45, 2.75) is 18.6 Å². The van der Waals surface area contributed by atoms with Crippen LogP contribution in [0.2, 0.25) is 5.02 Å². The molecule has 2 heterocycles. The van der Waals surface area contributed by atoms with Crippen molar-refractivity contribution in [1.29, 1.82) is 0 Å². The standard InChI is InChI=1S/C16H19ClFN3O3.ClH/c17-10-1-2-12(13(18)7-10)15(23)20-3-5-21(6-4-20)16(24)14-8-11(22)9-19-14;/h1-2,7,11,14,19,22H,3-6,8-9H2;1H. The number of benzene rings is 1. The molecule has 9 heteroatoms. The fraction of sp³-hybridized carbons (Fsp3) is 0.500. The molecular formula is C16H20Cl2FN3O3. The first-order valence-electron chi connectivity index (χ1n) is 7.90. The number of amides is 2. The lowest BCUT2D eigenvalue weighted by atomic mass is 10.1. The zero-order chi connectivity index (χ0) is 17.3. The number of nitrogens with one attached hydrogen (secondary N) is 1. The lowest BCUT2D eigenvalue weighted by Crippen LogP contribution is -2.54. The second-order valence-corrected chi connectivity index (χ2v) is 6.53. The number of halogens is 3. The summed E-state index contributed by atoms with van der Waals surface area (Å²) in [4.78, 5) is 28.0. The van der Waals surface area contributed by atoms with E-state index in [2.05, 4.69) is 5.32 Å². The number of β-amino-alcohol motifs (C(OH)–C–C–N with tert-alkyl or cyclic N) is 1. The number of hydrogen-bond acceptors (Lipinski definition) is 4. The molecule has 0 spiro atoms. The Morgan fingerprint density at radius 1 is 1.20 bits per heavy atom. The van der Waals surface area contributed by atoms with Gasteiger partial charge in [-0.1, -0.05) is 11.6 Å². The molecule has 2 amide bonds. The molecular weight excluding hydrogens is 372 g/mol. The van der Waals surface area contributed by atoms with Crippen LogP contribution in [0.15, 0.2) is 18.2 Å². The van der Waals surface area contributed by atoms with Gasteiger partial charge in [0.15, 0.2) is 0 Å². The van der Waals surface area contributed by atoms with Crippen molar-refractivity contribution in [3.05, 3.63) is 34.6 Å². The Morgan fingerprint density at radius 3 is 2.40 bits per heavy atom. The van der Waals surface area contributed by atoms with Crippen LogP contribution in [0.3, 0.4) is 0 Å². The van der Waals surface area contributed by atoms with E-state index in [1.165, 1.54) is 17.0 Å². The molecule has 1 aromatic rings. The summed E-state index contributed by atoms with van der Waals surface area (Å²) in [5.74, 6) is -1.10. The predicted molar refractivity (Wildman–Crippen MR) is 93.6 cm³/mol. The first-order chi connectivity index (χ1) is 11.5. The normalized spacial score (nSPS) is 23.3. The van der Waals surface area contributed by atoms with Crippen LogP contribution < -0.4 is 5.32 Å². The molecule has 2 N–H and O–H groups in total. The van der Waals surface area contributed by atoms with E-state index in [0.717, 1.165) is 6.07 Å². The van der Waals surface area contributed by atoms with Gasteiger partial charge >= 0.3 is 0 Å². The molecule has 2 atom stereocenters. The van der Waals surface area contributed by atoms with Gasteiger partial charge in [0.2, 0.25) is 5.91 Å². The number of carbonyl (C=O) groups excluding carboxylic acids is 2. The van der Waals surface area contributed by atoms with E-state index >= 15 is 0 Å². The maximum atomic E-state index is 13.9. The first-order valence-corrected chi connectivity index (χ1v) is 8.28. The Hall–Kier alpha value is -1.41. The minimum atomic E-state index is -0.643. The highest BCUT2D eigenvalue weighted by atomic mass is 35.5. The topological polar surface area (TPSA) is 72.9 Å². The van der Waals surface area contributed by atoms with E-state index < -0.39 is 17.8 Å². The number of nitrogens with zero attached hydrogens (tertiary/aromatic N) is 2. The van der Waals surface area contributed by atoms with E-state index in [-0.39, 0.29) is 34.9 Å². The summed E-state index contributed by atoms with van der Waals surface area (Å²) in [6.45, 7) is 1.91. The Labute approximate surface area is 156 Å². The van der Waals surface area contributed by atoms with Gasteiger partial charge in [-0.05, 0) is 24.6 Å². The average molecular weight is 392 g/mol. The predicted octanol–water partition coefficient (Wildman–Crippen LogP) is 0.908. The molecule has 0 aromatic heterocycles. The van der Waals surface area contributed by atoms with Gasteiger partial charge in [-0.2, -0.15) is 0 Å². The van der Waals surface area contributed by atoms with Crippen LogP contribution in [-0.4, -0.2) is 71.6 Å². The van der Waals surface area contributed by atoms with Crippen LogP contribution in [0.1, 0.15) is 16.8 Å². The zero-order valence-corrected chi connectivity index (χ0v) is 15.0. The highest BCUT2D eigenvalue weighted by Crippen LogP contribution is 2.18. The van der Waals surface area contributed by atoms with Crippen molar-refractivity contribution in [2.24, 2.45) is 0 Å². The third-order valence-electron chi connectivity index (χ3n) is 4.45. The van der Waals surface area contributed by atoms with Crippen LogP contribution in [0.4, 0.5) is 4.39 Å². The van der Waals surface area contributed by atoms with Crippen molar-refractivity contribution in [3.8, 4) is 0 Å². The maximum absolute atomic E-state index is 13.9. The molecule has 0 aliphatic carbocycles. The highest BCUT2D eigenvalue weighted by molar-refractivity contribution is 6.30. The minimum absolute atomic E-state index is 0. The smallest absolute Gasteiger partial charge is 0.256 e. The monoisotopic (exact) mass is 391 g/mol. The largest absolute Gasteiger partial charge is 0.392 e. The fourth-order valence-corrected chi connectivity index (χ4v) is 3.25. The molecule has 0 saturated carbocycles. The SMILES string of the molecule is Cl.O=C(c1ccc(Cl)cc1F)N1CCN(C(=O)C2CC(O)CN2)CC1. The maximum Gasteiger partial charge on any atom is 0.256 e. The summed E-state index contributed by atoms with van der Waals surface area (Å²) in [5.41, 5.74) is -0.0141. The fourth-order valence-electron chi connectivity index (χ4n) is 3.09. The van der Waals surface area contributed by atoms with Gasteiger partial charge in [-0.15, -0.1) is 12.4 Å². The van der Waals surface area contributed by atoms with Gasteiger partial charge in [-0.25, -0.2) is 4.39 Å². The third kappa shape index (κ3) is 4.41. The summed E-state index contributed by atoms with van der Waals surface area (Å²) in [5, 5.41) is 12.7. The van der Waals surface area contributed by atoms with Crippen molar-refractivity contribution in [1.82, 2.24) is 15.1 Å². The molecule has 2 aliphatic heterocycles. The number of rotatable bonds is 2. The lowest BCUT2D eigenvalue weighted by Gasteiger charge is -2.36. The highest BCUT2D eigenvalue weighted by Gasteiger charge is 2.33. The van der Waals surface area contributed by atoms with Gasteiger partial charge < -0.3 is 20.2 Å². The van der Waals surface area contributed by atoms with E-state index in [1.807, 2.05) is 0 Å². The van der Waals surface area contributed by atoms with Gasteiger partial charge in [0.25, 0.3) is 5.91 Å². The lowest BCUT2D eigenvalue weighted by molar-refractivity contribution is -0.134. The number of aliphatic hydroxyl groups is 1. The molecule has 2 saturated heterocycles. The average Bonchev–Trinajstić information content (AvgIpc) is 3.00. The van der Waals surface area contributed by atoms with Gasteiger partial charge in [-0.3, -0.25) is 9.59 Å². The number of hydrogen-bond donors (Lipinski definition) is 2. The molecule has 2 aliphatic rings. The molecule has 2 fully saturated rings. The summed E-state index contributed by atoms with van der Waals surface area (Å²) < 4.78 is 13.9. The van der Waals surface area contributed by atoms with Crippen molar-refractivity contribution < 1.29 is 19.1 Å². The van der Waals surface area contributed by atoms with Crippen LogP contribution in [0, 0.1) is 5.82 Å². The molecule has 2 unspecified atom stereocenters. The van der Waals surface area contributed by atoms with Gasteiger partial charge in [0, 0.05) is 37.7 Å². The van der Waals surface area contributed by atoms with E-state index in [4.69, 9.17) is 11.6 Å². The molecule has 138 valence electrons. The van der Waals surface area contributed by atoms with Crippen molar-refractivity contribution in [3.63, 3.8) is 0 Å². The van der Waals surface area contributed by atoms with Crippen molar-refractivity contribution in [2.75, 3.05) is 32.7 Å². The Kier molecular flexibility index (Phi) is 6.62. The number of aliphatic hydroxyl groups excluding tert-OH is 1. The Morgan fingerprint density at radius 2 is 1.84 bits per heavy atom. The van der Waals surface area contributed by atoms with E-state index in [9.17, 15) is 19.1 Å². The molecule has 25 heavy (non-hydrogen) atoms. The van der Waals surface area contributed by atoms with Gasteiger partial charge in [0.1, 0.15) is 5.82 Å². The van der Waals surface area contributed by atoms with E-state index in [0.29, 0.717) is 39.1 Å². The molecule has 6 nitrogen and oxygen atoms in total. The molecule has 3 rings (SSSR count). The first kappa shape index (κ1) is 19.9. The summed E-state index contributed by atoms with van der Waals surface area (Å²) in [6.07, 6.45) is -0.0803. The molecule has 0 bridgehead atoms. The number of piperazine rings is 1. The van der Waals surface area contributed by atoms with Crippen molar-refractivity contribution >= 4 is 35.8 Å². The summed E-state index contributed by atoms with van der Waals surface area (Å²) in [6, 6.07) is 3.61. The van der Waals surface area contributed by atoms with E-state index in [1.54, 1.807) is 4.90 Å². The minimum Gasteiger partial charge on any atom is -0.392 e. The zero-order valence-electron chi connectivity index (χ0n) is 13.5. The Balaban J connectivity index is 0.00000225. The summed E-state index contributed by atoms with van der Waals surface area (Å²) in [7, 11) is 0. The molecule has 1 aromatic carbocycles. The quantitative estimate of drug-likeness (QED) is 0.785. The second kappa shape index (κ2) is 8.31. The second-order valence-electron chi connectivity index (χ2n) is 6.09.